The van der Waals surface area contributed by atoms with E-state index in [1.165, 1.54) is 16.1 Å². The number of thioether (sulfide) groups is 1. The Morgan fingerprint density at radius 3 is 2.37 bits per heavy atom. The quantitative estimate of drug-likeness (QED) is 0.671. The first-order valence-electron chi connectivity index (χ1n) is 8.84. The summed E-state index contributed by atoms with van der Waals surface area (Å²) in [7, 11) is -3.57. The van der Waals surface area contributed by atoms with Crippen LogP contribution >= 0.6 is 11.8 Å². The molecule has 150 valence electrons. The second-order valence-electron chi connectivity index (χ2n) is 6.67. The molecule has 1 heterocycles. The van der Waals surface area contributed by atoms with Crippen LogP contribution < -0.4 is 5.32 Å². The third kappa shape index (κ3) is 5.70. The van der Waals surface area contributed by atoms with Crippen LogP contribution in [0.4, 0.5) is 0 Å². The number of nitrogens with one attached hydrogen (secondary N) is 1. The summed E-state index contributed by atoms with van der Waals surface area (Å²) in [5.41, 5.74) is 0.985. The van der Waals surface area contributed by atoms with Crippen LogP contribution in [0.25, 0.3) is 0 Å². The zero-order valence-corrected chi connectivity index (χ0v) is 17.2. The van der Waals surface area contributed by atoms with Crippen LogP contribution in [0, 0.1) is 12.8 Å². The Balaban J connectivity index is 1.94. The molecule has 1 saturated heterocycles. The molecule has 1 aliphatic rings. The Morgan fingerprint density at radius 1 is 1.26 bits per heavy atom. The van der Waals surface area contributed by atoms with Gasteiger partial charge in [-0.25, -0.2) is 13.2 Å². The largest absolute Gasteiger partial charge is 0.480 e. The van der Waals surface area contributed by atoms with Crippen LogP contribution in [0.5, 0.6) is 0 Å². The van der Waals surface area contributed by atoms with E-state index in [4.69, 9.17) is 0 Å². The fraction of sp³-hybridized carbons (Fsp3) is 0.556. The summed E-state index contributed by atoms with van der Waals surface area (Å²) < 4.78 is 26.8. The molecule has 1 aromatic carbocycles. The molecule has 0 aromatic heterocycles. The summed E-state index contributed by atoms with van der Waals surface area (Å²) in [6.07, 6.45) is 3.01. The van der Waals surface area contributed by atoms with Gasteiger partial charge in [-0.3, -0.25) is 4.79 Å². The van der Waals surface area contributed by atoms with Gasteiger partial charge < -0.3 is 10.4 Å². The number of aliphatic carboxylic acids is 1. The summed E-state index contributed by atoms with van der Waals surface area (Å²) in [6.45, 7) is 2.39. The van der Waals surface area contributed by atoms with E-state index in [2.05, 4.69) is 5.32 Å². The Hall–Kier alpha value is -1.58. The molecule has 0 saturated carbocycles. The first-order valence-corrected chi connectivity index (χ1v) is 11.7. The van der Waals surface area contributed by atoms with E-state index < -0.39 is 22.0 Å². The lowest BCUT2D eigenvalue weighted by Crippen LogP contribution is -2.47. The maximum Gasteiger partial charge on any atom is 0.326 e. The van der Waals surface area contributed by atoms with Crippen LogP contribution in [0.3, 0.4) is 0 Å². The van der Waals surface area contributed by atoms with Gasteiger partial charge in [-0.15, -0.1) is 0 Å². The predicted molar refractivity (Wildman–Crippen MR) is 105 cm³/mol. The smallest absolute Gasteiger partial charge is 0.326 e. The van der Waals surface area contributed by atoms with Crippen LogP contribution in [0.2, 0.25) is 0 Å². The molecule has 0 bridgehead atoms. The molecule has 1 amide bonds. The van der Waals surface area contributed by atoms with Crippen molar-refractivity contribution in [2.45, 2.75) is 37.1 Å². The number of nitrogens with zero attached hydrogens (tertiary/aromatic N) is 1. The van der Waals surface area contributed by atoms with Crippen LogP contribution in [-0.4, -0.2) is 60.8 Å². The third-order valence-electron chi connectivity index (χ3n) is 4.71. The van der Waals surface area contributed by atoms with Gasteiger partial charge in [-0.05, 0) is 50.3 Å². The first kappa shape index (κ1) is 21.7. The van der Waals surface area contributed by atoms with E-state index in [1.807, 2.05) is 13.2 Å². The van der Waals surface area contributed by atoms with E-state index in [9.17, 15) is 23.1 Å². The van der Waals surface area contributed by atoms with Crippen molar-refractivity contribution in [3.05, 3.63) is 29.8 Å². The molecule has 1 aliphatic heterocycles. The lowest BCUT2D eigenvalue weighted by molar-refractivity contribution is -0.142. The normalized spacial score (nSPS) is 17.4. The molecular formula is C18H26N2O5S2. The standard InChI is InChI=1S/C18H26N2O5S2/c1-13-3-5-15(6-4-13)27(24,25)20-10-7-14(8-11-20)17(21)19-16(18(22)23)9-12-26-2/h3-6,14,16H,7-12H2,1-2H3,(H,19,21)(H,22,23)/t16-/m0/s1. The van der Waals surface area contributed by atoms with Gasteiger partial charge >= 0.3 is 5.97 Å². The highest BCUT2D eigenvalue weighted by atomic mass is 32.2. The van der Waals surface area contributed by atoms with Gasteiger partial charge in [0, 0.05) is 19.0 Å². The second-order valence-corrected chi connectivity index (χ2v) is 9.60. The van der Waals surface area contributed by atoms with E-state index >= 15 is 0 Å². The first-order chi connectivity index (χ1) is 12.8. The highest BCUT2D eigenvalue weighted by molar-refractivity contribution is 7.98. The van der Waals surface area contributed by atoms with Gasteiger partial charge in [-0.1, -0.05) is 17.7 Å². The maximum absolute atomic E-state index is 12.7. The fourth-order valence-electron chi connectivity index (χ4n) is 3.00. The van der Waals surface area contributed by atoms with Crippen molar-refractivity contribution >= 4 is 33.7 Å². The molecule has 2 N–H and O–H groups in total. The number of carboxylic acid groups (broad SMARTS) is 1. The summed E-state index contributed by atoms with van der Waals surface area (Å²) >= 11 is 1.52. The van der Waals surface area contributed by atoms with Gasteiger partial charge in [0.2, 0.25) is 15.9 Å². The van der Waals surface area contributed by atoms with E-state index in [0.29, 0.717) is 25.0 Å². The number of benzene rings is 1. The number of hydrogen-bond acceptors (Lipinski definition) is 5. The second kappa shape index (κ2) is 9.57. The molecule has 9 heteroatoms. The summed E-state index contributed by atoms with van der Waals surface area (Å²) in [5, 5.41) is 11.8. The highest BCUT2D eigenvalue weighted by Gasteiger charge is 2.33. The van der Waals surface area contributed by atoms with Crippen LogP contribution in [-0.2, 0) is 19.6 Å². The van der Waals surface area contributed by atoms with E-state index in [1.54, 1.807) is 24.3 Å². The number of hydrogen-bond donors (Lipinski definition) is 2. The van der Waals surface area contributed by atoms with Crippen molar-refractivity contribution in [1.82, 2.24) is 9.62 Å². The number of carboxylic acids is 1. The predicted octanol–water partition coefficient (Wildman–Crippen LogP) is 1.72. The number of carbonyl (C=O) groups is 2. The summed E-state index contributed by atoms with van der Waals surface area (Å²) in [5.74, 6) is -1.08. The van der Waals surface area contributed by atoms with E-state index in [-0.39, 0.29) is 29.8 Å². The topological polar surface area (TPSA) is 104 Å². The van der Waals surface area contributed by atoms with Gasteiger partial charge in [0.05, 0.1) is 4.90 Å². The maximum atomic E-state index is 12.7. The molecule has 1 aromatic rings. The number of carbonyl (C=O) groups excluding carboxylic acids is 1. The number of piperidine rings is 1. The average molecular weight is 415 g/mol. The molecule has 1 fully saturated rings. The summed E-state index contributed by atoms with van der Waals surface area (Å²) in [6, 6.07) is 5.79. The zero-order valence-electron chi connectivity index (χ0n) is 15.6. The minimum atomic E-state index is -3.57. The molecule has 1 atom stereocenters. The molecule has 2 rings (SSSR count). The minimum Gasteiger partial charge on any atom is -0.480 e. The van der Waals surface area contributed by atoms with Crippen molar-refractivity contribution in [2.24, 2.45) is 5.92 Å². The van der Waals surface area contributed by atoms with Gasteiger partial charge in [0.1, 0.15) is 6.04 Å². The molecule has 0 radical (unpaired) electrons. The minimum absolute atomic E-state index is 0.247. The monoisotopic (exact) mass is 414 g/mol. The number of amides is 1. The van der Waals surface area contributed by atoms with Crippen molar-refractivity contribution < 1.29 is 23.1 Å². The van der Waals surface area contributed by atoms with Gasteiger partial charge in [-0.2, -0.15) is 16.1 Å². The summed E-state index contributed by atoms with van der Waals surface area (Å²) in [4.78, 5) is 23.9. The Morgan fingerprint density at radius 2 is 1.85 bits per heavy atom. The van der Waals surface area contributed by atoms with Crippen molar-refractivity contribution in [3.63, 3.8) is 0 Å². The van der Waals surface area contributed by atoms with Crippen molar-refractivity contribution in [1.29, 1.82) is 0 Å². The Labute approximate surface area is 164 Å². The Bertz CT molecular complexity index is 756. The molecule has 0 aliphatic carbocycles. The van der Waals surface area contributed by atoms with Gasteiger partial charge in [0.25, 0.3) is 0 Å². The van der Waals surface area contributed by atoms with E-state index in [0.717, 1.165) is 5.56 Å². The average Bonchev–Trinajstić information content (AvgIpc) is 2.65. The Kier molecular flexibility index (Phi) is 7.69. The SMILES string of the molecule is CSCC[C@H](NC(=O)C1CCN(S(=O)(=O)c2ccc(C)cc2)CC1)C(=O)O. The molecule has 27 heavy (non-hydrogen) atoms. The highest BCUT2D eigenvalue weighted by Crippen LogP contribution is 2.24. The third-order valence-corrected chi connectivity index (χ3v) is 7.27. The molecule has 0 spiro atoms. The molecular weight excluding hydrogens is 388 g/mol. The number of aryl methyl sites for hydroxylation is 1. The lowest BCUT2D eigenvalue weighted by atomic mass is 9.96. The fourth-order valence-corrected chi connectivity index (χ4v) is 4.94. The van der Waals surface area contributed by atoms with Gasteiger partial charge in [0.15, 0.2) is 0 Å². The van der Waals surface area contributed by atoms with Crippen molar-refractivity contribution in [2.75, 3.05) is 25.1 Å². The lowest BCUT2D eigenvalue weighted by Gasteiger charge is -2.31. The number of rotatable bonds is 8. The van der Waals surface area contributed by atoms with Crippen LogP contribution in [0.15, 0.2) is 29.2 Å². The molecule has 7 nitrogen and oxygen atoms in total. The van der Waals surface area contributed by atoms with Crippen LogP contribution in [0.1, 0.15) is 24.8 Å². The van der Waals surface area contributed by atoms with Crippen molar-refractivity contribution in [3.8, 4) is 0 Å². The zero-order chi connectivity index (χ0) is 20.0. The molecule has 0 unspecified atom stereocenters. The number of sulfonamides is 1.